The fourth-order valence-electron chi connectivity index (χ4n) is 3.17. The van der Waals surface area contributed by atoms with Crippen LogP contribution in [0, 0.1) is 6.92 Å². The summed E-state index contributed by atoms with van der Waals surface area (Å²) in [5.41, 5.74) is 0.192. The van der Waals surface area contributed by atoms with Gasteiger partial charge in [0.25, 0.3) is 5.91 Å². The summed E-state index contributed by atoms with van der Waals surface area (Å²) in [7, 11) is 0. The van der Waals surface area contributed by atoms with Crippen LogP contribution in [0.15, 0.2) is 34.9 Å². The molecule has 2 aromatic rings. The maximum atomic E-state index is 13.0. The van der Waals surface area contributed by atoms with Gasteiger partial charge in [-0.15, -0.1) is 0 Å². The summed E-state index contributed by atoms with van der Waals surface area (Å²) in [5, 5.41) is 6.70. The molecule has 1 N–H and O–H groups in total. The van der Waals surface area contributed by atoms with Crippen LogP contribution in [-0.2, 0) is 16.9 Å². The maximum Gasteiger partial charge on any atom is 0.325 e. The lowest BCUT2D eigenvalue weighted by atomic mass is 9.84. The molecular formula is C16H15N3O4. The molecule has 4 rings (SSSR count). The quantitative estimate of drug-likeness (QED) is 0.853. The van der Waals surface area contributed by atoms with Crippen LogP contribution in [0.25, 0.3) is 0 Å². The fourth-order valence-corrected chi connectivity index (χ4v) is 3.17. The van der Waals surface area contributed by atoms with E-state index in [1.54, 1.807) is 19.1 Å². The van der Waals surface area contributed by atoms with Crippen molar-refractivity contribution in [1.82, 2.24) is 15.4 Å². The molecule has 1 aromatic carbocycles. The Morgan fingerprint density at radius 1 is 1.35 bits per heavy atom. The molecule has 23 heavy (non-hydrogen) atoms. The van der Waals surface area contributed by atoms with Gasteiger partial charge >= 0.3 is 6.03 Å². The van der Waals surface area contributed by atoms with Crippen LogP contribution in [0.5, 0.6) is 5.75 Å². The highest BCUT2D eigenvalue weighted by Gasteiger charge is 2.54. The number of imide groups is 1. The van der Waals surface area contributed by atoms with Crippen molar-refractivity contribution in [2.24, 2.45) is 0 Å². The highest BCUT2D eigenvalue weighted by atomic mass is 16.5. The molecular weight excluding hydrogens is 298 g/mol. The minimum Gasteiger partial charge on any atom is -0.493 e. The Labute approximate surface area is 132 Å². The van der Waals surface area contributed by atoms with Crippen molar-refractivity contribution in [1.29, 1.82) is 0 Å². The van der Waals surface area contributed by atoms with E-state index in [-0.39, 0.29) is 12.5 Å². The van der Waals surface area contributed by atoms with Crippen LogP contribution in [-0.4, -0.2) is 28.6 Å². The third-order valence-corrected chi connectivity index (χ3v) is 4.25. The first-order valence-electron chi connectivity index (χ1n) is 7.39. The van der Waals surface area contributed by atoms with Crippen LogP contribution in [0.3, 0.4) is 0 Å². The largest absolute Gasteiger partial charge is 0.493 e. The predicted octanol–water partition coefficient (Wildman–Crippen LogP) is 1.71. The van der Waals surface area contributed by atoms with Gasteiger partial charge in [-0.25, -0.2) is 4.79 Å². The maximum absolute atomic E-state index is 13.0. The summed E-state index contributed by atoms with van der Waals surface area (Å²) < 4.78 is 10.6. The van der Waals surface area contributed by atoms with Crippen LogP contribution in [0.4, 0.5) is 4.79 Å². The molecule has 7 heteroatoms. The van der Waals surface area contributed by atoms with E-state index in [0.717, 1.165) is 0 Å². The number of para-hydroxylation sites is 1. The molecule has 2 aliphatic heterocycles. The smallest absolute Gasteiger partial charge is 0.325 e. The minimum atomic E-state index is -1.05. The van der Waals surface area contributed by atoms with Gasteiger partial charge in [-0.2, -0.15) is 0 Å². The van der Waals surface area contributed by atoms with E-state index in [9.17, 15) is 9.59 Å². The van der Waals surface area contributed by atoms with Gasteiger partial charge in [-0.1, -0.05) is 23.4 Å². The lowest BCUT2D eigenvalue weighted by Gasteiger charge is -2.33. The monoisotopic (exact) mass is 313 g/mol. The average molecular weight is 313 g/mol. The van der Waals surface area contributed by atoms with E-state index in [1.807, 2.05) is 18.2 Å². The van der Waals surface area contributed by atoms with E-state index in [0.29, 0.717) is 35.8 Å². The number of hydrogen-bond donors (Lipinski definition) is 1. The molecule has 0 bridgehead atoms. The standard InChI is InChI=1S/C16H15N3O4/c1-10-8-11(18-23-10)9-19-14(20)16(17-15(19)21)6-7-22-13-5-3-2-4-12(13)16/h2-5,8H,6-7,9H2,1H3,(H,17,21)/t16-/m0/s1. The van der Waals surface area contributed by atoms with Crippen LogP contribution < -0.4 is 10.1 Å². The summed E-state index contributed by atoms with van der Waals surface area (Å²) in [4.78, 5) is 26.5. The van der Waals surface area contributed by atoms with Crippen molar-refractivity contribution in [3.63, 3.8) is 0 Å². The number of aromatic nitrogens is 1. The van der Waals surface area contributed by atoms with E-state index in [1.165, 1.54) is 4.90 Å². The Bertz CT molecular complexity index is 800. The zero-order valence-electron chi connectivity index (χ0n) is 12.5. The summed E-state index contributed by atoms with van der Waals surface area (Å²) >= 11 is 0. The Morgan fingerprint density at radius 3 is 2.96 bits per heavy atom. The van der Waals surface area contributed by atoms with Crippen molar-refractivity contribution in [3.05, 3.63) is 47.3 Å². The highest BCUT2D eigenvalue weighted by molar-refractivity contribution is 6.07. The number of ether oxygens (including phenoxy) is 1. The molecule has 118 valence electrons. The van der Waals surface area contributed by atoms with Crippen molar-refractivity contribution < 1.29 is 18.8 Å². The molecule has 1 saturated heterocycles. The van der Waals surface area contributed by atoms with Gasteiger partial charge in [0.1, 0.15) is 17.2 Å². The third-order valence-electron chi connectivity index (χ3n) is 4.25. The molecule has 3 amide bonds. The van der Waals surface area contributed by atoms with Crippen LogP contribution >= 0.6 is 0 Å². The van der Waals surface area contributed by atoms with Crippen LogP contribution in [0.2, 0.25) is 0 Å². The van der Waals surface area contributed by atoms with E-state index in [4.69, 9.17) is 9.26 Å². The molecule has 1 atom stereocenters. The topological polar surface area (TPSA) is 84.7 Å². The Kier molecular flexibility index (Phi) is 2.90. The average Bonchev–Trinajstić information content (AvgIpc) is 3.06. The van der Waals surface area contributed by atoms with E-state index in [2.05, 4.69) is 10.5 Å². The Morgan fingerprint density at radius 2 is 2.17 bits per heavy atom. The summed E-state index contributed by atoms with van der Waals surface area (Å²) in [6.07, 6.45) is 0.406. The fraction of sp³-hybridized carbons (Fsp3) is 0.312. The molecule has 2 aliphatic rings. The number of amides is 3. The van der Waals surface area contributed by atoms with Crippen molar-refractivity contribution in [3.8, 4) is 5.75 Å². The molecule has 0 unspecified atom stereocenters. The third kappa shape index (κ3) is 2.00. The molecule has 0 aliphatic carbocycles. The number of carbonyl (C=O) groups is 2. The second kappa shape index (κ2) is 4.84. The van der Waals surface area contributed by atoms with Gasteiger partial charge in [0.05, 0.1) is 13.2 Å². The predicted molar refractivity (Wildman–Crippen MR) is 78.6 cm³/mol. The zero-order valence-corrected chi connectivity index (χ0v) is 12.5. The first kappa shape index (κ1) is 13.8. The molecule has 1 fully saturated rings. The van der Waals surface area contributed by atoms with Gasteiger partial charge < -0.3 is 14.6 Å². The second-order valence-electron chi connectivity index (χ2n) is 5.75. The number of carbonyl (C=O) groups excluding carboxylic acids is 2. The number of aryl methyl sites for hydroxylation is 1. The van der Waals surface area contributed by atoms with Crippen LogP contribution in [0.1, 0.15) is 23.4 Å². The summed E-state index contributed by atoms with van der Waals surface area (Å²) in [6, 6.07) is 8.58. The van der Waals surface area contributed by atoms with Gasteiger partial charge in [0, 0.05) is 18.1 Å². The lowest BCUT2D eigenvalue weighted by Crippen LogP contribution is -2.47. The second-order valence-corrected chi connectivity index (χ2v) is 5.75. The molecule has 0 radical (unpaired) electrons. The highest BCUT2D eigenvalue weighted by Crippen LogP contribution is 2.41. The molecule has 1 aromatic heterocycles. The van der Waals surface area contributed by atoms with E-state index >= 15 is 0 Å². The molecule has 3 heterocycles. The molecule has 1 spiro atoms. The number of nitrogens with one attached hydrogen (secondary N) is 1. The minimum absolute atomic E-state index is 0.0901. The van der Waals surface area contributed by atoms with Crippen molar-refractivity contribution in [2.75, 3.05) is 6.61 Å². The number of rotatable bonds is 2. The van der Waals surface area contributed by atoms with Gasteiger partial charge in [-0.3, -0.25) is 9.69 Å². The Hall–Kier alpha value is -2.83. The van der Waals surface area contributed by atoms with Gasteiger partial charge in [0.15, 0.2) is 5.54 Å². The van der Waals surface area contributed by atoms with Crippen molar-refractivity contribution >= 4 is 11.9 Å². The SMILES string of the molecule is Cc1cc(CN2C(=O)N[C@]3(CCOc4ccccc43)C2=O)no1. The molecule has 0 saturated carbocycles. The zero-order chi connectivity index (χ0) is 16.0. The van der Waals surface area contributed by atoms with Gasteiger partial charge in [0.2, 0.25) is 0 Å². The number of urea groups is 1. The summed E-state index contributed by atoms with van der Waals surface area (Å²) in [6.45, 7) is 2.23. The molecule has 7 nitrogen and oxygen atoms in total. The number of nitrogens with zero attached hydrogens (tertiary/aromatic N) is 2. The summed E-state index contributed by atoms with van der Waals surface area (Å²) in [5.74, 6) is 0.989. The van der Waals surface area contributed by atoms with Crippen molar-refractivity contribution in [2.45, 2.75) is 25.4 Å². The normalized spacial score (nSPS) is 22.9. The first-order chi connectivity index (χ1) is 11.1. The number of fused-ring (bicyclic) bond motifs is 2. The lowest BCUT2D eigenvalue weighted by molar-refractivity contribution is -0.133. The first-order valence-corrected chi connectivity index (χ1v) is 7.39. The van der Waals surface area contributed by atoms with Gasteiger partial charge in [-0.05, 0) is 13.0 Å². The number of benzene rings is 1. The Balaban J connectivity index is 1.70. The van der Waals surface area contributed by atoms with E-state index < -0.39 is 11.6 Å². The number of hydrogen-bond acceptors (Lipinski definition) is 5.